The van der Waals surface area contributed by atoms with Gasteiger partial charge in [-0.25, -0.2) is 4.79 Å². The van der Waals surface area contributed by atoms with Gasteiger partial charge in [-0.2, -0.15) is 0 Å². The largest absolute Gasteiger partial charge is 0.461 e. The van der Waals surface area contributed by atoms with Crippen LogP contribution in [0.25, 0.3) is 0 Å². The minimum absolute atomic E-state index is 0.236. The molecule has 0 bridgehead atoms. The number of hydrogen-bond donors (Lipinski definition) is 2. The second-order valence-corrected chi connectivity index (χ2v) is 4.40. The highest BCUT2D eigenvalue weighted by Crippen LogP contribution is 2.07. The molecule has 2 unspecified atom stereocenters. The Morgan fingerprint density at radius 2 is 1.89 bits per heavy atom. The molecular formula is C12H21NO5. The van der Waals surface area contributed by atoms with Crippen molar-refractivity contribution < 1.29 is 24.2 Å². The molecule has 0 aliphatic rings. The highest BCUT2D eigenvalue weighted by Gasteiger charge is 2.28. The van der Waals surface area contributed by atoms with Crippen molar-refractivity contribution in [2.24, 2.45) is 5.73 Å². The van der Waals surface area contributed by atoms with E-state index in [1.54, 1.807) is 13.8 Å². The monoisotopic (exact) mass is 259 g/mol. The Hall–Kier alpha value is -1.40. The van der Waals surface area contributed by atoms with Gasteiger partial charge in [0, 0.05) is 5.57 Å². The highest BCUT2D eigenvalue weighted by molar-refractivity contribution is 5.86. The van der Waals surface area contributed by atoms with Crippen LogP contribution in [0.5, 0.6) is 0 Å². The Morgan fingerprint density at radius 1 is 1.39 bits per heavy atom. The van der Waals surface area contributed by atoms with Gasteiger partial charge in [0.2, 0.25) is 0 Å². The molecule has 0 saturated heterocycles. The molecule has 0 aromatic carbocycles. The molecule has 2 atom stereocenters. The zero-order chi connectivity index (χ0) is 14.3. The molecular weight excluding hydrogens is 238 g/mol. The molecule has 0 rings (SSSR count). The minimum atomic E-state index is -1.08. The number of esters is 2. The maximum Gasteiger partial charge on any atom is 0.333 e. The van der Waals surface area contributed by atoms with Crippen molar-refractivity contribution in [3.63, 3.8) is 0 Å². The van der Waals surface area contributed by atoms with Crippen LogP contribution in [-0.4, -0.2) is 41.9 Å². The molecule has 0 saturated carbocycles. The smallest absolute Gasteiger partial charge is 0.333 e. The van der Waals surface area contributed by atoms with Gasteiger partial charge in [-0.15, -0.1) is 0 Å². The zero-order valence-corrected chi connectivity index (χ0v) is 11.1. The maximum atomic E-state index is 11.5. The summed E-state index contributed by atoms with van der Waals surface area (Å²) in [6.07, 6.45) is -0.656. The van der Waals surface area contributed by atoms with Crippen LogP contribution in [0.15, 0.2) is 12.2 Å². The lowest BCUT2D eigenvalue weighted by Crippen LogP contribution is -2.46. The van der Waals surface area contributed by atoms with Crippen molar-refractivity contribution in [2.45, 2.75) is 38.8 Å². The average Bonchev–Trinajstić information content (AvgIpc) is 2.32. The fourth-order valence-corrected chi connectivity index (χ4v) is 0.824. The molecule has 0 aliphatic heterocycles. The predicted molar refractivity (Wildman–Crippen MR) is 65.6 cm³/mol. The third-order valence-corrected chi connectivity index (χ3v) is 2.36. The summed E-state index contributed by atoms with van der Waals surface area (Å²) in [7, 11) is 0. The first-order valence-corrected chi connectivity index (χ1v) is 5.67. The summed E-state index contributed by atoms with van der Waals surface area (Å²) in [4.78, 5) is 22.5. The Bertz CT molecular complexity index is 324. The molecule has 0 heterocycles. The number of aliphatic hydroxyl groups is 1. The third-order valence-electron chi connectivity index (χ3n) is 2.36. The molecule has 0 fully saturated rings. The molecule has 0 aromatic heterocycles. The lowest BCUT2D eigenvalue weighted by Gasteiger charge is -2.21. The molecule has 0 amide bonds. The Balaban J connectivity index is 3.98. The molecule has 0 spiro atoms. The summed E-state index contributed by atoms with van der Waals surface area (Å²) >= 11 is 0. The Morgan fingerprint density at radius 3 is 2.33 bits per heavy atom. The molecule has 6 heteroatoms. The standard InChI is InChI=1S/C12H21NO5/c1-5-12(4,13)11(16)18-7-9(14)6-17-10(15)8(2)3/h9,14H,2,5-7,13H2,1,3-4H3. The van der Waals surface area contributed by atoms with Crippen molar-refractivity contribution in [2.75, 3.05) is 13.2 Å². The molecule has 104 valence electrons. The molecule has 0 aromatic rings. The molecule has 18 heavy (non-hydrogen) atoms. The summed E-state index contributed by atoms with van der Waals surface area (Å²) in [5, 5.41) is 9.44. The van der Waals surface area contributed by atoms with Crippen LogP contribution >= 0.6 is 0 Å². The first-order valence-electron chi connectivity index (χ1n) is 5.67. The van der Waals surface area contributed by atoms with Gasteiger partial charge in [0.1, 0.15) is 24.9 Å². The van der Waals surface area contributed by atoms with Gasteiger partial charge in [-0.3, -0.25) is 4.79 Å². The van der Waals surface area contributed by atoms with Gasteiger partial charge >= 0.3 is 11.9 Å². The predicted octanol–water partition coefficient (Wildman–Crippen LogP) is 0.137. The van der Waals surface area contributed by atoms with Gasteiger partial charge < -0.3 is 20.3 Å². The SMILES string of the molecule is C=C(C)C(=O)OCC(O)COC(=O)C(C)(N)CC. The van der Waals surface area contributed by atoms with E-state index in [9.17, 15) is 14.7 Å². The van der Waals surface area contributed by atoms with E-state index in [0.717, 1.165) is 0 Å². The van der Waals surface area contributed by atoms with Crippen LogP contribution in [-0.2, 0) is 19.1 Å². The van der Waals surface area contributed by atoms with Crippen LogP contribution in [0, 0.1) is 0 Å². The number of rotatable bonds is 7. The topological polar surface area (TPSA) is 98.9 Å². The van der Waals surface area contributed by atoms with E-state index >= 15 is 0 Å². The summed E-state index contributed by atoms with van der Waals surface area (Å²) in [5.74, 6) is -1.20. The van der Waals surface area contributed by atoms with Crippen LogP contribution in [0.1, 0.15) is 27.2 Å². The normalized spacial score (nSPS) is 15.4. The average molecular weight is 259 g/mol. The van der Waals surface area contributed by atoms with Crippen LogP contribution in [0.3, 0.4) is 0 Å². The second kappa shape index (κ2) is 7.13. The van der Waals surface area contributed by atoms with E-state index in [4.69, 9.17) is 15.2 Å². The highest BCUT2D eigenvalue weighted by atomic mass is 16.6. The Kier molecular flexibility index (Phi) is 6.57. The number of ether oxygens (including phenoxy) is 2. The van der Waals surface area contributed by atoms with E-state index in [2.05, 4.69) is 6.58 Å². The number of nitrogens with two attached hydrogens (primary N) is 1. The van der Waals surface area contributed by atoms with E-state index < -0.39 is 23.6 Å². The van der Waals surface area contributed by atoms with Crippen LogP contribution in [0.4, 0.5) is 0 Å². The van der Waals surface area contributed by atoms with E-state index in [1.165, 1.54) is 6.92 Å². The van der Waals surface area contributed by atoms with Crippen molar-refractivity contribution >= 4 is 11.9 Å². The number of carbonyl (C=O) groups excluding carboxylic acids is 2. The summed E-state index contributed by atoms with van der Waals surface area (Å²) in [5.41, 5.74) is 4.82. The summed E-state index contributed by atoms with van der Waals surface area (Å²) < 4.78 is 9.52. The zero-order valence-electron chi connectivity index (χ0n) is 11.1. The fraction of sp³-hybridized carbons (Fsp3) is 0.667. The van der Waals surface area contributed by atoms with Gasteiger partial charge in [-0.1, -0.05) is 13.5 Å². The van der Waals surface area contributed by atoms with Gasteiger partial charge in [0.15, 0.2) is 0 Å². The first kappa shape index (κ1) is 16.6. The van der Waals surface area contributed by atoms with Crippen molar-refractivity contribution in [1.29, 1.82) is 0 Å². The fourth-order valence-electron chi connectivity index (χ4n) is 0.824. The quantitative estimate of drug-likeness (QED) is 0.498. The molecule has 0 radical (unpaired) electrons. The number of carbonyl (C=O) groups is 2. The summed E-state index contributed by atoms with van der Waals surface area (Å²) in [6, 6.07) is 0. The lowest BCUT2D eigenvalue weighted by atomic mass is 10.0. The molecule has 6 nitrogen and oxygen atoms in total. The van der Waals surface area contributed by atoms with E-state index in [-0.39, 0.29) is 18.8 Å². The lowest BCUT2D eigenvalue weighted by molar-refractivity contribution is -0.155. The number of hydrogen-bond acceptors (Lipinski definition) is 6. The Labute approximate surface area is 107 Å². The molecule has 3 N–H and O–H groups in total. The van der Waals surface area contributed by atoms with E-state index in [0.29, 0.717) is 6.42 Å². The second-order valence-electron chi connectivity index (χ2n) is 4.40. The molecule has 0 aliphatic carbocycles. The number of aliphatic hydroxyl groups excluding tert-OH is 1. The minimum Gasteiger partial charge on any atom is -0.461 e. The van der Waals surface area contributed by atoms with Crippen molar-refractivity contribution in [1.82, 2.24) is 0 Å². The van der Waals surface area contributed by atoms with Crippen LogP contribution in [0.2, 0.25) is 0 Å². The van der Waals surface area contributed by atoms with Crippen molar-refractivity contribution in [3.05, 3.63) is 12.2 Å². The van der Waals surface area contributed by atoms with E-state index in [1.807, 2.05) is 0 Å². The van der Waals surface area contributed by atoms with Crippen LogP contribution < -0.4 is 5.73 Å². The van der Waals surface area contributed by atoms with Gasteiger partial charge in [0.05, 0.1) is 0 Å². The third kappa shape index (κ3) is 5.79. The van der Waals surface area contributed by atoms with Gasteiger partial charge in [0.25, 0.3) is 0 Å². The maximum absolute atomic E-state index is 11.5. The van der Waals surface area contributed by atoms with Gasteiger partial charge in [-0.05, 0) is 20.3 Å². The summed E-state index contributed by atoms with van der Waals surface area (Å²) in [6.45, 7) is 7.66. The first-order chi connectivity index (χ1) is 8.20. The van der Waals surface area contributed by atoms with Crippen molar-refractivity contribution in [3.8, 4) is 0 Å².